The number of hydrogen-bond acceptors (Lipinski definition) is 3. The van der Waals surface area contributed by atoms with E-state index in [1.54, 1.807) is 19.9 Å². The van der Waals surface area contributed by atoms with Crippen molar-refractivity contribution in [1.29, 1.82) is 0 Å². The minimum absolute atomic E-state index is 0.320. The number of carbonyl (C=O) groups excluding carboxylic acids is 1. The first kappa shape index (κ1) is 14.5. The van der Waals surface area contributed by atoms with Crippen LogP contribution < -0.4 is 5.32 Å². The van der Waals surface area contributed by atoms with Crippen LogP contribution in [0.25, 0.3) is 0 Å². The number of rotatable bonds is 5. The van der Waals surface area contributed by atoms with Gasteiger partial charge in [-0.2, -0.15) is 0 Å². The lowest BCUT2D eigenvalue weighted by Gasteiger charge is -2.28. The number of benzene rings is 1. The molecule has 1 atom stereocenters. The van der Waals surface area contributed by atoms with Crippen LogP contribution >= 0.6 is 0 Å². The molecule has 1 rings (SSSR count). The predicted octanol–water partition coefficient (Wildman–Crippen LogP) is 3.28. The molecular weight excluding hydrogens is 233 g/mol. The van der Waals surface area contributed by atoms with E-state index in [1.807, 2.05) is 13.8 Å². The minimum atomic E-state index is -0.837. The van der Waals surface area contributed by atoms with Crippen LogP contribution in [-0.2, 0) is 9.53 Å². The van der Waals surface area contributed by atoms with Gasteiger partial charge >= 0.3 is 5.97 Å². The summed E-state index contributed by atoms with van der Waals surface area (Å²) >= 11 is 0. The normalized spacial score (nSPS) is 13.8. The van der Waals surface area contributed by atoms with Crippen molar-refractivity contribution in [1.82, 2.24) is 0 Å². The molecule has 0 aromatic heterocycles. The third-order valence-corrected chi connectivity index (χ3v) is 2.90. The van der Waals surface area contributed by atoms with Gasteiger partial charge in [0, 0.05) is 5.69 Å². The predicted molar refractivity (Wildman–Crippen MR) is 70.1 cm³/mol. The molecule has 0 heterocycles. The molecule has 100 valence electrons. The van der Waals surface area contributed by atoms with Gasteiger partial charge in [-0.3, -0.25) is 0 Å². The van der Waals surface area contributed by atoms with Crippen molar-refractivity contribution in [2.45, 2.75) is 39.7 Å². The summed E-state index contributed by atoms with van der Waals surface area (Å²) < 4.78 is 18.3. The maximum absolute atomic E-state index is 13.3. The maximum Gasteiger partial charge on any atom is 0.331 e. The van der Waals surface area contributed by atoms with Crippen molar-refractivity contribution >= 4 is 11.7 Å². The fraction of sp³-hybridized carbons (Fsp3) is 0.500. The SMILES string of the molecule is CCOC(=O)C(C)(CC)Nc1cc(C)cc(F)c1. The molecule has 1 aromatic rings. The van der Waals surface area contributed by atoms with Gasteiger partial charge in [-0.25, -0.2) is 9.18 Å². The fourth-order valence-corrected chi connectivity index (χ4v) is 1.70. The zero-order chi connectivity index (χ0) is 13.8. The zero-order valence-electron chi connectivity index (χ0n) is 11.3. The number of carbonyl (C=O) groups is 1. The van der Waals surface area contributed by atoms with E-state index < -0.39 is 5.54 Å². The van der Waals surface area contributed by atoms with Gasteiger partial charge in [-0.1, -0.05) is 6.92 Å². The largest absolute Gasteiger partial charge is 0.464 e. The van der Waals surface area contributed by atoms with Crippen LogP contribution in [0.4, 0.5) is 10.1 Å². The Kier molecular flexibility index (Phi) is 4.70. The number of esters is 1. The fourth-order valence-electron chi connectivity index (χ4n) is 1.70. The van der Waals surface area contributed by atoms with Gasteiger partial charge in [0.15, 0.2) is 0 Å². The van der Waals surface area contributed by atoms with Crippen LogP contribution in [0.2, 0.25) is 0 Å². The van der Waals surface area contributed by atoms with Gasteiger partial charge in [0.05, 0.1) is 6.61 Å². The summed E-state index contributed by atoms with van der Waals surface area (Å²) in [5.41, 5.74) is 0.556. The van der Waals surface area contributed by atoms with Crippen LogP contribution in [-0.4, -0.2) is 18.1 Å². The second-order valence-corrected chi connectivity index (χ2v) is 4.55. The number of nitrogens with one attached hydrogen (secondary N) is 1. The Morgan fingerprint density at radius 2 is 2.06 bits per heavy atom. The van der Waals surface area contributed by atoms with Gasteiger partial charge < -0.3 is 10.1 Å². The lowest BCUT2D eigenvalue weighted by molar-refractivity contribution is -0.148. The Bertz CT molecular complexity index is 414. The van der Waals surface area contributed by atoms with E-state index in [0.717, 1.165) is 5.56 Å². The summed E-state index contributed by atoms with van der Waals surface area (Å²) in [5.74, 6) is -0.644. The van der Waals surface area contributed by atoms with Crippen molar-refractivity contribution in [2.75, 3.05) is 11.9 Å². The van der Waals surface area contributed by atoms with E-state index in [0.29, 0.717) is 18.7 Å². The van der Waals surface area contributed by atoms with Crippen molar-refractivity contribution < 1.29 is 13.9 Å². The molecule has 0 bridgehead atoms. The molecule has 0 aliphatic heterocycles. The average molecular weight is 253 g/mol. The number of halogens is 1. The van der Waals surface area contributed by atoms with E-state index in [2.05, 4.69) is 5.32 Å². The molecule has 0 radical (unpaired) electrons. The average Bonchev–Trinajstić information content (AvgIpc) is 2.27. The van der Waals surface area contributed by atoms with Crippen LogP contribution in [0, 0.1) is 12.7 Å². The number of anilines is 1. The molecule has 1 N–H and O–H groups in total. The lowest BCUT2D eigenvalue weighted by Crippen LogP contribution is -2.44. The van der Waals surface area contributed by atoms with E-state index in [1.165, 1.54) is 12.1 Å². The van der Waals surface area contributed by atoms with Gasteiger partial charge in [-0.05, 0) is 51.0 Å². The van der Waals surface area contributed by atoms with Gasteiger partial charge in [0.1, 0.15) is 11.4 Å². The molecule has 0 spiro atoms. The molecule has 3 nitrogen and oxygen atoms in total. The summed E-state index contributed by atoms with van der Waals surface area (Å²) in [4.78, 5) is 11.9. The highest BCUT2D eigenvalue weighted by atomic mass is 19.1. The summed E-state index contributed by atoms with van der Waals surface area (Å²) in [7, 11) is 0. The standard InChI is InChI=1S/C14H20FNO2/c1-5-14(4,13(17)18-6-2)16-12-8-10(3)7-11(15)9-12/h7-9,16H,5-6H2,1-4H3. The van der Waals surface area contributed by atoms with E-state index in [-0.39, 0.29) is 11.8 Å². The Labute approximate surface area is 107 Å². The summed E-state index contributed by atoms with van der Waals surface area (Å²) in [6.07, 6.45) is 0.557. The smallest absolute Gasteiger partial charge is 0.331 e. The monoisotopic (exact) mass is 253 g/mol. The van der Waals surface area contributed by atoms with Gasteiger partial charge in [0.25, 0.3) is 0 Å². The molecule has 0 saturated heterocycles. The van der Waals surface area contributed by atoms with E-state index in [9.17, 15) is 9.18 Å². The van der Waals surface area contributed by atoms with E-state index >= 15 is 0 Å². The number of aryl methyl sites for hydroxylation is 1. The van der Waals surface area contributed by atoms with Crippen molar-refractivity contribution in [2.24, 2.45) is 0 Å². The van der Waals surface area contributed by atoms with Crippen LogP contribution in [0.5, 0.6) is 0 Å². The third-order valence-electron chi connectivity index (χ3n) is 2.90. The summed E-state index contributed by atoms with van der Waals surface area (Å²) in [6.45, 7) is 7.54. The molecule has 4 heteroatoms. The van der Waals surface area contributed by atoms with Crippen LogP contribution in [0.3, 0.4) is 0 Å². The second-order valence-electron chi connectivity index (χ2n) is 4.55. The molecule has 0 aliphatic carbocycles. The van der Waals surface area contributed by atoms with Crippen molar-refractivity contribution in [3.63, 3.8) is 0 Å². The highest BCUT2D eigenvalue weighted by Crippen LogP contribution is 2.22. The molecule has 18 heavy (non-hydrogen) atoms. The Hall–Kier alpha value is -1.58. The quantitative estimate of drug-likeness (QED) is 0.818. The highest BCUT2D eigenvalue weighted by molar-refractivity contribution is 5.84. The Morgan fingerprint density at radius 3 is 2.56 bits per heavy atom. The first-order valence-electron chi connectivity index (χ1n) is 6.14. The van der Waals surface area contributed by atoms with Crippen molar-refractivity contribution in [3.8, 4) is 0 Å². The topological polar surface area (TPSA) is 38.3 Å². The van der Waals surface area contributed by atoms with Crippen molar-refractivity contribution in [3.05, 3.63) is 29.6 Å². The second kappa shape index (κ2) is 5.85. The Balaban J connectivity index is 2.94. The van der Waals surface area contributed by atoms with Crippen LogP contribution in [0.1, 0.15) is 32.8 Å². The van der Waals surface area contributed by atoms with Gasteiger partial charge in [-0.15, -0.1) is 0 Å². The molecular formula is C14H20FNO2. The number of ether oxygens (including phenoxy) is 1. The molecule has 1 aromatic carbocycles. The highest BCUT2D eigenvalue weighted by Gasteiger charge is 2.32. The van der Waals surface area contributed by atoms with E-state index in [4.69, 9.17) is 4.74 Å². The molecule has 0 amide bonds. The van der Waals surface area contributed by atoms with Crippen LogP contribution in [0.15, 0.2) is 18.2 Å². The molecule has 0 aliphatic rings. The molecule has 1 unspecified atom stereocenters. The molecule has 0 saturated carbocycles. The summed E-state index contributed by atoms with van der Waals surface area (Å²) in [6, 6.07) is 4.62. The minimum Gasteiger partial charge on any atom is -0.464 e. The zero-order valence-corrected chi connectivity index (χ0v) is 11.3. The third kappa shape index (κ3) is 3.45. The first-order chi connectivity index (χ1) is 8.41. The number of hydrogen-bond donors (Lipinski definition) is 1. The van der Waals surface area contributed by atoms with Gasteiger partial charge in [0.2, 0.25) is 0 Å². The lowest BCUT2D eigenvalue weighted by atomic mass is 9.98. The Morgan fingerprint density at radius 1 is 1.39 bits per heavy atom. The maximum atomic E-state index is 13.3. The molecule has 0 fully saturated rings. The first-order valence-corrected chi connectivity index (χ1v) is 6.14. The summed E-state index contributed by atoms with van der Waals surface area (Å²) in [5, 5.41) is 3.06.